The number of phenols is 2. The van der Waals surface area contributed by atoms with Crippen LogP contribution in [0.25, 0.3) is 0 Å². The number of carbonyl (C=O) groups is 2. The Labute approximate surface area is 77.7 Å². The molecule has 0 fully saturated rings. The second-order valence-electron chi connectivity index (χ2n) is 2.50. The predicted molar refractivity (Wildman–Crippen MR) is 43.7 cm³/mol. The predicted octanol–water partition coefficient (Wildman–Crippen LogP) is 0.494. The maximum atomic E-state index is 10.5. The SMILES string of the molecule is O=C(O)c1cc(O)cc(C(=O)O)c1O. The van der Waals surface area contributed by atoms with Crippen molar-refractivity contribution in [3.63, 3.8) is 0 Å². The van der Waals surface area contributed by atoms with E-state index >= 15 is 0 Å². The van der Waals surface area contributed by atoms with Gasteiger partial charge in [-0.25, -0.2) is 9.59 Å². The lowest BCUT2D eigenvalue weighted by Crippen LogP contribution is -2.03. The van der Waals surface area contributed by atoms with Gasteiger partial charge in [-0.3, -0.25) is 0 Å². The molecule has 6 heteroatoms. The molecule has 0 aliphatic rings. The molecule has 0 atom stereocenters. The summed E-state index contributed by atoms with van der Waals surface area (Å²) < 4.78 is 0. The average Bonchev–Trinajstić information content (AvgIpc) is 2.07. The number of benzene rings is 1. The molecule has 1 aromatic carbocycles. The average molecular weight is 198 g/mol. The Bertz CT molecular complexity index is 373. The molecule has 14 heavy (non-hydrogen) atoms. The third-order valence-corrected chi connectivity index (χ3v) is 1.56. The molecule has 4 N–H and O–H groups in total. The Morgan fingerprint density at radius 1 is 0.929 bits per heavy atom. The summed E-state index contributed by atoms with van der Waals surface area (Å²) in [5.41, 5.74) is -1.30. The summed E-state index contributed by atoms with van der Waals surface area (Å²) in [6.45, 7) is 0. The maximum Gasteiger partial charge on any atom is 0.339 e. The molecule has 1 aromatic rings. The van der Waals surface area contributed by atoms with Gasteiger partial charge in [-0.1, -0.05) is 0 Å². The number of hydrogen-bond donors (Lipinski definition) is 4. The van der Waals surface area contributed by atoms with Crippen molar-refractivity contribution in [3.05, 3.63) is 23.3 Å². The topological polar surface area (TPSA) is 115 Å². The van der Waals surface area contributed by atoms with Crippen LogP contribution in [0.4, 0.5) is 0 Å². The Hall–Kier alpha value is -2.24. The summed E-state index contributed by atoms with van der Waals surface area (Å²) in [5, 5.41) is 35.2. The summed E-state index contributed by atoms with van der Waals surface area (Å²) in [5.74, 6) is -4.43. The van der Waals surface area contributed by atoms with Crippen LogP contribution in [-0.2, 0) is 0 Å². The zero-order valence-corrected chi connectivity index (χ0v) is 6.76. The first kappa shape index (κ1) is 9.85. The van der Waals surface area contributed by atoms with Gasteiger partial charge in [0.05, 0.1) is 0 Å². The summed E-state index contributed by atoms with van der Waals surface area (Å²) in [6.07, 6.45) is 0. The van der Waals surface area contributed by atoms with E-state index in [1.807, 2.05) is 0 Å². The third kappa shape index (κ3) is 1.58. The first-order valence-electron chi connectivity index (χ1n) is 3.46. The van der Waals surface area contributed by atoms with Gasteiger partial charge < -0.3 is 20.4 Å². The molecule has 0 saturated carbocycles. The molecular formula is C8H6O6. The Morgan fingerprint density at radius 2 is 1.29 bits per heavy atom. The van der Waals surface area contributed by atoms with E-state index in [9.17, 15) is 14.7 Å². The number of hydrogen-bond acceptors (Lipinski definition) is 4. The summed E-state index contributed by atoms with van der Waals surface area (Å²) in [7, 11) is 0. The molecule has 0 bridgehead atoms. The summed E-state index contributed by atoms with van der Waals surface area (Å²) in [6, 6.07) is 1.54. The molecule has 0 unspecified atom stereocenters. The molecule has 74 valence electrons. The van der Waals surface area contributed by atoms with E-state index in [0.29, 0.717) is 0 Å². The van der Waals surface area contributed by atoms with Crippen molar-refractivity contribution in [2.24, 2.45) is 0 Å². The normalized spacial score (nSPS) is 9.71. The molecule has 0 saturated heterocycles. The lowest BCUT2D eigenvalue weighted by atomic mass is 10.1. The lowest BCUT2D eigenvalue weighted by molar-refractivity contribution is 0.0690. The molecule has 6 nitrogen and oxygen atoms in total. The Balaban J connectivity index is 3.47. The van der Waals surface area contributed by atoms with Crippen molar-refractivity contribution in [3.8, 4) is 11.5 Å². The molecular weight excluding hydrogens is 192 g/mol. The van der Waals surface area contributed by atoms with E-state index in [-0.39, 0.29) is 0 Å². The van der Waals surface area contributed by atoms with Gasteiger partial charge in [-0.05, 0) is 12.1 Å². The molecule has 0 amide bonds. The van der Waals surface area contributed by atoms with Gasteiger partial charge in [0.25, 0.3) is 0 Å². The minimum Gasteiger partial charge on any atom is -0.508 e. The zero-order valence-electron chi connectivity index (χ0n) is 6.76. The second kappa shape index (κ2) is 3.25. The fourth-order valence-corrected chi connectivity index (χ4v) is 0.945. The Morgan fingerprint density at radius 3 is 1.57 bits per heavy atom. The van der Waals surface area contributed by atoms with E-state index in [4.69, 9.17) is 15.3 Å². The standard InChI is InChI=1S/C8H6O6/c9-3-1-4(7(11)12)6(10)5(2-3)8(13)14/h1-2,9-10H,(H,11,12)(H,13,14). The monoisotopic (exact) mass is 198 g/mol. The van der Waals surface area contributed by atoms with Crippen molar-refractivity contribution < 1.29 is 30.0 Å². The first-order valence-corrected chi connectivity index (χ1v) is 3.46. The number of aromatic carboxylic acids is 2. The third-order valence-electron chi connectivity index (χ3n) is 1.56. The van der Waals surface area contributed by atoms with Crippen molar-refractivity contribution in [1.82, 2.24) is 0 Å². The number of rotatable bonds is 2. The number of carboxylic acids is 2. The molecule has 0 spiro atoms. The van der Waals surface area contributed by atoms with Crippen LogP contribution in [0.5, 0.6) is 11.5 Å². The van der Waals surface area contributed by atoms with Crippen LogP contribution >= 0.6 is 0 Å². The van der Waals surface area contributed by atoms with Gasteiger partial charge in [0.2, 0.25) is 0 Å². The lowest BCUT2D eigenvalue weighted by Gasteiger charge is -2.04. The largest absolute Gasteiger partial charge is 0.508 e. The van der Waals surface area contributed by atoms with Gasteiger partial charge in [-0.15, -0.1) is 0 Å². The van der Waals surface area contributed by atoms with Crippen LogP contribution in [0.2, 0.25) is 0 Å². The van der Waals surface area contributed by atoms with Crippen LogP contribution in [0.1, 0.15) is 20.7 Å². The van der Waals surface area contributed by atoms with Crippen molar-refractivity contribution in [2.75, 3.05) is 0 Å². The van der Waals surface area contributed by atoms with E-state index < -0.39 is 34.6 Å². The molecule has 0 aromatic heterocycles. The highest BCUT2D eigenvalue weighted by Crippen LogP contribution is 2.27. The summed E-state index contributed by atoms with van der Waals surface area (Å²) >= 11 is 0. The van der Waals surface area contributed by atoms with E-state index in [1.54, 1.807) is 0 Å². The fourth-order valence-electron chi connectivity index (χ4n) is 0.945. The minimum atomic E-state index is -1.51. The van der Waals surface area contributed by atoms with Crippen LogP contribution in [-0.4, -0.2) is 32.4 Å². The van der Waals surface area contributed by atoms with E-state index in [0.717, 1.165) is 12.1 Å². The van der Waals surface area contributed by atoms with Crippen LogP contribution in [0.3, 0.4) is 0 Å². The van der Waals surface area contributed by atoms with Gasteiger partial charge in [0, 0.05) is 0 Å². The fraction of sp³-hybridized carbons (Fsp3) is 0. The molecule has 0 radical (unpaired) electrons. The first-order chi connectivity index (χ1) is 6.43. The van der Waals surface area contributed by atoms with E-state index in [2.05, 4.69) is 0 Å². The highest BCUT2D eigenvalue weighted by atomic mass is 16.4. The molecule has 0 heterocycles. The number of aromatic hydroxyl groups is 2. The van der Waals surface area contributed by atoms with Crippen molar-refractivity contribution in [1.29, 1.82) is 0 Å². The highest BCUT2D eigenvalue weighted by molar-refractivity contribution is 5.99. The van der Waals surface area contributed by atoms with Crippen molar-refractivity contribution in [2.45, 2.75) is 0 Å². The van der Waals surface area contributed by atoms with Gasteiger partial charge in [0.1, 0.15) is 22.6 Å². The smallest absolute Gasteiger partial charge is 0.339 e. The van der Waals surface area contributed by atoms with Gasteiger partial charge >= 0.3 is 11.9 Å². The highest BCUT2D eigenvalue weighted by Gasteiger charge is 2.19. The number of carboxylic acid groups (broad SMARTS) is 2. The molecule has 1 rings (SSSR count). The zero-order chi connectivity index (χ0) is 10.9. The van der Waals surface area contributed by atoms with Crippen LogP contribution in [0, 0.1) is 0 Å². The Kier molecular flexibility index (Phi) is 2.29. The second-order valence-corrected chi connectivity index (χ2v) is 2.50. The maximum absolute atomic E-state index is 10.5. The number of phenolic OH excluding ortho intramolecular Hbond substituents is 1. The van der Waals surface area contributed by atoms with Crippen LogP contribution in [0.15, 0.2) is 12.1 Å². The van der Waals surface area contributed by atoms with Gasteiger partial charge in [0.15, 0.2) is 0 Å². The molecule has 0 aliphatic carbocycles. The minimum absolute atomic E-state index is 0.530. The quantitative estimate of drug-likeness (QED) is 0.514. The van der Waals surface area contributed by atoms with E-state index in [1.165, 1.54) is 0 Å². The molecule has 0 aliphatic heterocycles. The summed E-state index contributed by atoms with van der Waals surface area (Å²) in [4.78, 5) is 21.0. The van der Waals surface area contributed by atoms with Gasteiger partial charge in [-0.2, -0.15) is 0 Å². The van der Waals surface area contributed by atoms with Crippen LogP contribution < -0.4 is 0 Å². The van der Waals surface area contributed by atoms with Crippen molar-refractivity contribution >= 4 is 11.9 Å².